The van der Waals surface area contributed by atoms with E-state index < -0.39 is 0 Å². The first-order valence-corrected chi connectivity index (χ1v) is 9.11. The maximum atomic E-state index is 5.94. The third kappa shape index (κ3) is 5.44. The van der Waals surface area contributed by atoms with Crippen LogP contribution in [0.5, 0.6) is 0 Å². The van der Waals surface area contributed by atoms with Gasteiger partial charge < -0.3 is 19.6 Å². The summed E-state index contributed by atoms with van der Waals surface area (Å²) in [5.74, 6) is 2.64. The summed E-state index contributed by atoms with van der Waals surface area (Å²) < 4.78 is 7.97. The van der Waals surface area contributed by atoms with Gasteiger partial charge in [0.1, 0.15) is 23.5 Å². The number of benzene rings is 1. The highest BCUT2D eigenvalue weighted by molar-refractivity contribution is 14.0. The number of nitrogens with one attached hydrogen (secondary N) is 2. The molecule has 0 aliphatic carbocycles. The number of halogens is 1. The third-order valence-corrected chi connectivity index (χ3v) is 4.19. The van der Waals surface area contributed by atoms with Crippen LogP contribution >= 0.6 is 24.0 Å². The minimum atomic E-state index is 0. The van der Waals surface area contributed by atoms with Crippen LogP contribution in [0.2, 0.25) is 0 Å². The molecule has 27 heavy (non-hydrogen) atoms. The number of aryl methyl sites for hydroxylation is 1. The zero-order valence-corrected chi connectivity index (χ0v) is 18.3. The van der Waals surface area contributed by atoms with Crippen molar-refractivity contribution in [2.75, 3.05) is 13.1 Å². The van der Waals surface area contributed by atoms with Gasteiger partial charge in [0.15, 0.2) is 5.96 Å². The van der Waals surface area contributed by atoms with E-state index in [4.69, 9.17) is 4.42 Å². The standard InChI is InChI=1S/C19H26N6O.HI/c1-4-18-24-22-13-25(18)11-10-21-19(20-5-2)23-14(3)17-12-15-8-6-7-9-16(15)26-17;/h6-9,12-14H,4-5,10-11H2,1-3H3,(H2,20,21,23);1H. The van der Waals surface area contributed by atoms with Gasteiger partial charge in [0.25, 0.3) is 0 Å². The van der Waals surface area contributed by atoms with E-state index in [1.54, 1.807) is 6.33 Å². The minimum absolute atomic E-state index is 0. The minimum Gasteiger partial charge on any atom is -0.459 e. The molecular weight excluding hydrogens is 455 g/mol. The number of hydrogen-bond donors (Lipinski definition) is 2. The fourth-order valence-electron chi connectivity index (χ4n) is 2.82. The molecule has 0 amide bonds. The molecule has 3 aromatic rings. The molecule has 0 saturated carbocycles. The van der Waals surface area contributed by atoms with Crippen molar-refractivity contribution in [2.24, 2.45) is 4.99 Å². The number of aromatic nitrogens is 3. The van der Waals surface area contributed by atoms with E-state index >= 15 is 0 Å². The summed E-state index contributed by atoms with van der Waals surface area (Å²) in [7, 11) is 0. The summed E-state index contributed by atoms with van der Waals surface area (Å²) in [5.41, 5.74) is 0.901. The highest BCUT2D eigenvalue weighted by Gasteiger charge is 2.13. The Morgan fingerprint density at radius 1 is 1.30 bits per heavy atom. The van der Waals surface area contributed by atoms with Crippen LogP contribution in [0.3, 0.4) is 0 Å². The second kappa shape index (κ2) is 10.3. The zero-order chi connectivity index (χ0) is 18.4. The van der Waals surface area contributed by atoms with Gasteiger partial charge in [-0.1, -0.05) is 25.1 Å². The molecule has 8 heteroatoms. The van der Waals surface area contributed by atoms with E-state index in [2.05, 4.69) is 58.7 Å². The number of fused-ring (bicyclic) bond motifs is 1. The van der Waals surface area contributed by atoms with E-state index in [0.29, 0.717) is 6.54 Å². The normalized spacial score (nSPS) is 12.6. The molecule has 0 fully saturated rings. The Morgan fingerprint density at radius 2 is 2.11 bits per heavy atom. The van der Waals surface area contributed by atoms with Gasteiger partial charge in [-0.15, -0.1) is 34.2 Å². The molecule has 7 nitrogen and oxygen atoms in total. The Balaban J connectivity index is 0.00000261. The Morgan fingerprint density at radius 3 is 2.85 bits per heavy atom. The number of rotatable bonds is 7. The first-order valence-electron chi connectivity index (χ1n) is 9.11. The molecule has 2 aromatic heterocycles. The van der Waals surface area contributed by atoms with Gasteiger partial charge in [0.05, 0.1) is 12.6 Å². The fourth-order valence-corrected chi connectivity index (χ4v) is 2.82. The Kier molecular flexibility index (Phi) is 8.08. The van der Waals surface area contributed by atoms with Crippen molar-refractivity contribution in [3.63, 3.8) is 0 Å². The first kappa shape index (κ1) is 21.2. The van der Waals surface area contributed by atoms with E-state index in [-0.39, 0.29) is 30.0 Å². The van der Waals surface area contributed by atoms with Gasteiger partial charge in [-0.25, -0.2) is 0 Å². The molecule has 0 spiro atoms. The van der Waals surface area contributed by atoms with Gasteiger partial charge in [0.2, 0.25) is 0 Å². The predicted octanol–water partition coefficient (Wildman–Crippen LogP) is 3.52. The van der Waals surface area contributed by atoms with Crippen molar-refractivity contribution in [2.45, 2.75) is 39.8 Å². The van der Waals surface area contributed by atoms with Crippen molar-refractivity contribution in [3.05, 3.63) is 48.2 Å². The van der Waals surface area contributed by atoms with E-state index in [1.165, 1.54) is 0 Å². The number of aliphatic imine (C=N–C) groups is 1. The summed E-state index contributed by atoms with van der Waals surface area (Å²) in [6.45, 7) is 8.40. The van der Waals surface area contributed by atoms with E-state index in [9.17, 15) is 0 Å². The van der Waals surface area contributed by atoms with Crippen LogP contribution < -0.4 is 10.6 Å². The number of guanidine groups is 1. The summed E-state index contributed by atoms with van der Waals surface area (Å²) in [6.07, 6.45) is 2.62. The summed E-state index contributed by atoms with van der Waals surface area (Å²) in [4.78, 5) is 4.66. The lowest BCUT2D eigenvalue weighted by Gasteiger charge is -2.16. The monoisotopic (exact) mass is 482 g/mol. The summed E-state index contributed by atoms with van der Waals surface area (Å²) in [6, 6.07) is 10.1. The Bertz CT molecular complexity index is 839. The molecule has 1 atom stereocenters. The van der Waals surface area contributed by atoms with Crippen LogP contribution in [0.1, 0.15) is 38.4 Å². The fraction of sp³-hybridized carbons (Fsp3) is 0.421. The van der Waals surface area contributed by atoms with Crippen molar-refractivity contribution >= 4 is 40.9 Å². The smallest absolute Gasteiger partial charge is 0.191 e. The average molecular weight is 482 g/mol. The Hall–Kier alpha value is -2.10. The zero-order valence-electron chi connectivity index (χ0n) is 16.0. The SMILES string of the molecule is CCNC(=NCCn1cnnc1CC)NC(C)c1cc2ccccc2o1.I. The molecule has 0 bridgehead atoms. The predicted molar refractivity (Wildman–Crippen MR) is 119 cm³/mol. The topological polar surface area (TPSA) is 80.3 Å². The number of para-hydroxylation sites is 1. The number of nitrogens with zero attached hydrogens (tertiary/aromatic N) is 4. The molecule has 2 N–H and O–H groups in total. The van der Waals surface area contributed by atoms with Gasteiger partial charge >= 0.3 is 0 Å². The maximum absolute atomic E-state index is 5.94. The van der Waals surface area contributed by atoms with Crippen molar-refractivity contribution < 1.29 is 4.42 Å². The second-order valence-electron chi connectivity index (χ2n) is 6.11. The molecule has 0 aliphatic heterocycles. The molecule has 2 heterocycles. The molecule has 0 aliphatic rings. The third-order valence-electron chi connectivity index (χ3n) is 4.19. The van der Waals surface area contributed by atoms with Crippen LogP contribution in [0.4, 0.5) is 0 Å². The molecule has 0 radical (unpaired) electrons. The lowest BCUT2D eigenvalue weighted by Crippen LogP contribution is -2.38. The summed E-state index contributed by atoms with van der Waals surface area (Å²) in [5, 5.41) is 15.9. The molecule has 1 unspecified atom stereocenters. The van der Waals surface area contributed by atoms with Crippen molar-refractivity contribution in [1.82, 2.24) is 25.4 Å². The lowest BCUT2D eigenvalue weighted by atomic mass is 10.2. The van der Waals surface area contributed by atoms with Crippen molar-refractivity contribution in [3.8, 4) is 0 Å². The van der Waals surface area contributed by atoms with Crippen LogP contribution in [-0.4, -0.2) is 33.8 Å². The average Bonchev–Trinajstić information content (AvgIpc) is 3.28. The second-order valence-corrected chi connectivity index (χ2v) is 6.11. The van der Waals surface area contributed by atoms with Gasteiger partial charge in [-0.05, 0) is 26.0 Å². The Labute approximate surface area is 176 Å². The van der Waals surface area contributed by atoms with Crippen LogP contribution in [-0.2, 0) is 13.0 Å². The van der Waals surface area contributed by atoms with Gasteiger partial charge in [0, 0.05) is 24.9 Å². The molecule has 0 saturated heterocycles. The highest BCUT2D eigenvalue weighted by atomic mass is 127. The number of furan rings is 1. The molecular formula is C19H27IN6O. The maximum Gasteiger partial charge on any atom is 0.191 e. The van der Waals surface area contributed by atoms with E-state index in [0.717, 1.165) is 48.0 Å². The lowest BCUT2D eigenvalue weighted by molar-refractivity contribution is 0.488. The van der Waals surface area contributed by atoms with Crippen LogP contribution in [0.15, 0.2) is 46.1 Å². The molecule has 146 valence electrons. The van der Waals surface area contributed by atoms with E-state index in [1.807, 2.05) is 22.8 Å². The summed E-state index contributed by atoms with van der Waals surface area (Å²) >= 11 is 0. The quantitative estimate of drug-likeness (QED) is 0.306. The molecule has 3 rings (SSSR count). The van der Waals surface area contributed by atoms with Crippen LogP contribution in [0.25, 0.3) is 11.0 Å². The van der Waals surface area contributed by atoms with Gasteiger partial charge in [-0.3, -0.25) is 4.99 Å². The number of hydrogen-bond acceptors (Lipinski definition) is 4. The highest BCUT2D eigenvalue weighted by Crippen LogP contribution is 2.23. The largest absolute Gasteiger partial charge is 0.459 e. The van der Waals surface area contributed by atoms with Crippen LogP contribution in [0, 0.1) is 0 Å². The first-order chi connectivity index (χ1) is 12.7. The van der Waals surface area contributed by atoms with Gasteiger partial charge in [-0.2, -0.15) is 0 Å². The molecule has 1 aromatic carbocycles. The van der Waals surface area contributed by atoms with Crippen molar-refractivity contribution in [1.29, 1.82) is 0 Å².